The van der Waals surface area contributed by atoms with E-state index in [-0.39, 0.29) is 6.42 Å². The first-order chi connectivity index (χ1) is 6.66. The van der Waals surface area contributed by atoms with Crippen molar-refractivity contribution in [3.63, 3.8) is 0 Å². The quantitative estimate of drug-likeness (QED) is 0.795. The summed E-state index contributed by atoms with van der Waals surface area (Å²) >= 11 is 5.83. The van der Waals surface area contributed by atoms with Crippen LogP contribution in [0.5, 0.6) is 0 Å². The first-order valence-electron chi connectivity index (χ1n) is 4.00. The molecule has 0 aliphatic rings. The molecule has 0 unspecified atom stereocenters. The van der Waals surface area contributed by atoms with E-state index >= 15 is 0 Å². The molecule has 2 aromatic rings. The lowest BCUT2D eigenvalue weighted by Gasteiger charge is -2.00. The van der Waals surface area contributed by atoms with Crippen LogP contribution in [-0.4, -0.2) is 21.3 Å². The number of aromatic nitrogens is 2. The molecule has 0 aliphatic heterocycles. The van der Waals surface area contributed by atoms with Crippen LogP contribution in [0.25, 0.3) is 10.9 Å². The Morgan fingerprint density at radius 3 is 3.07 bits per heavy atom. The van der Waals surface area contributed by atoms with Gasteiger partial charge in [-0.15, -0.1) is 0 Å². The first-order valence-corrected chi connectivity index (χ1v) is 4.38. The van der Waals surface area contributed by atoms with Crippen molar-refractivity contribution in [2.24, 2.45) is 0 Å². The highest BCUT2D eigenvalue weighted by atomic mass is 35.5. The Kier molecular flexibility index (Phi) is 2.13. The Labute approximate surface area is 84.5 Å². The largest absolute Gasteiger partial charge is 0.481 e. The lowest BCUT2D eigenvalue weighted by Crippen LogP contribution is -2.00. The summed E-state index contributed by atoms with van der Waals surface area (Å²) in [6, 6.07) is 3.38. The highest BCUT2D eigenvalue weighted by molar-refractivity contribution is 6.31. The van der Waals surface area contributed by atoms with Crippen molar-refractivity contribution < 1.29 is 9.90 Å². The number of carboxylic acid groups (broad SMARTS) is 1. The molecular formula is C9H7ClN2O2. The maximum absolute atomic E-state index is 10.6. The number of hydrogen-bond donors (Lipinski definition) is 2. The Morgan fingerprint density at radius 2 is 2.36 bits per heavy atom. The molecule has 0 saturated carbocycles. The SMILES string of the molecule is O=C(O)Cc1cc(Cl)cc2cn[nH]c12. The number of nitrogens with zero attached hydrogens (tertiary/aromatic N) is 1. The van der Waals surface area contributed by atoms with Gasteiger partial charge in [-0.2, -0.15) is 5.10 Å². The fourth-order valence-corrected chi connectivity index (χ4v) is 1.64. The molecule has 0 bridgehead atoms. The van der Waals surface area contributed by atoms with Gasteiger partial charge in [0.05, 0.1) is 18.1 Å². The van der Waals surface area contributed by atoms with E-state index in [1.54, 1.807) is 18.3 Å². The van der Waals surface area contributed by atoms with Gasteiger partial charge in [-0.3, -0.25) is 9.89 Å². The fraction of sp³-hybridized carbons (Fsp3) is 0.111. The Morgan fingerprint density at radius 1 is 1.57 bits per heavy atom. The lowest BCUT2D eigenvalue weighted by molar-refractivity contribution is -0.136. The van der Waals surface area contributed by atoms with Gasteiger partial charge in [-0.05, 0) is 17.7 Å². The summed E-state index contributed by atoms with van der Waals surface area (Å²) < 4.78 is 0. The van der Waals surface area contributed by atoms with E-state index in [1.807, 2.05) is 0 Å². The molecule has 0 aliphatic carbocycles. The van der Waals surface area contributed by atoms with Crippen molar-refractivity contribution in [1.29, 1.82) is 0 Å². The molecule has 2 N–H and O–H groups in total. The van der Waals surface area contributed by atoms with E-state index in [1.165, 1.54) is 0 Å². The molecule has 4 nitrogen and oxygen atoms in total. The predicted octanol–water partition coefficient (Wildman–Crippen LogP) is 1.84. The van der Waals surface area contributed by atoms with E-state index < -0.39 is 5.97 Å². The molecule has 14 heavy (non-hydrogen) atoms. The second-order valence-corrected chi connectivity index (χ2v) is 3.41. The van der Waals surface area contributed by atoms with E-state index in [0.29, 0.717) is 10.6 Å². The van der Waals surface area contributed by atoms with Gasteiger partial charge in [-0.1, -0.05) is 11.6 Å². The molecule has 5 heteroatoms. The van der Waals surface area contributed by atoms with E-state index in [9.17, 15) is 4.79 Å². The summed E-state index contributed by atoms with van der Waals surface area (Å²) in [6.45, 7) is 0. The van der Waals surface area contributed by atoms with Crippen LogP contribution in [0.4, 0.5) is 0 Å². The van der Waals surface area contributed by atoms with Gasteiger partial charge in [0.2, 0.25) is 0 Å². The van der Waals surface area contributed by atoms with Gasteiger partial charge in [0.1, 0.15) is 0 Å². The van der Waals surface area contributed by atoms with Crippen molar-refractivity contribution in [2.75, 3.05) is 0 Å². The standard InChI is InChI=1S/C9H7ClN2O2/c10-7-1-5(3-8(13)14)9-6(2-7)4-11-12-9/h1-2,4H,3H2,(H,11,12)(H,13,14). The van der Waals surface area contributed by atoms with Crippen molar-refractivity contribution in [1.82, 2.24) is 10.2 Å². The summed E-state index contributed by atoms with van der Waals surface area (Å²) in [6.07, 6.45) is 1.56. The van der Waals surface area contributed by atoms with Gasteiger partial charge < -0.3 is 5.11 Å². The second-order valence-electron chi connectivity index (χ2n) is 2.97. The van der Waals surface area contributed by atoms with E-state index in [0.717, 1.165) is 10.9 Å². The van der Waals surface area contributed by atoms with E-state index in [4.69, 9.17) is 16.7 Å². The van der Waals surface area contributed by atoms with Crippen LogP contribution in [0.3, 0.4) is 0 Å². The average molecular weight is 211 g/mol. The highest BCUT2D eigenvalue weighted by Crippen LogP contribution is 2.22. The van der Waals surface area contributed by atoms with Crippen LogP contribution in [0.1, 0.15) is 5.56 Å². The Hall–Kier alpha value is -1.55. The summed E-state index contributed by atoms with van der Waals surface area (Å²) in [5, 5.41) is 16.6. The minimum absolute atomic E-state index is 0.0563. The zero-order valence-corrected chi connectivity index (χ0v) is 7.88. The molecular weight excluding hydrogens is 204 g/mol. The molecule has 0 fully saturated rings. The summed E-state index contributed by atoms with van der Waals surface area (Å²) in [5.41, 5.74) is 1.38. The van der Waals surface area contributed by atoms with Crippen molar-refractivity contribution >= 4 is 28.5 Å². The number of nitrogens with one attached hydrogen (secondary N) is 1. The highest BCUT2D eigenvalue weighted by Gasteiger charge is 2.08. The number of benzene rings is 1. The number of carbonyl (C=O) groups is 1. The summed E-state index contributed by atoms with van der Waals surface area (Å²) in [4.78, 5) is 10.6. The van der Waals surface area contributed by atoms with Gasteiger partial charge in [-0.25, -0.2) is 0 Å². The van der Waals surface area contributed by atoms with Crippen LogP contribution in [0.2, 0.25) is 5.02 Å². The maximum Gasteiger partial charge on any atom is 0.307 e. The topological polar surface area (TPSA) is 66.0 Å². The molecule has 1 heterocycles. The monoisotopic (exact) mass is 210 g/mol. The molecule has 0 saturated heterocycles. The number of fused-ring (bicyclic) bond motifs is 1. The van der Waals surface area contributed by atoms with Crippen LogP contribution in [0.15, 0.2) is 18.3 Å². The predicted molar refractivity (Wildman–Crippen MR) is 52.4 cm³/mol. The first kappa shape index (κ1) is 9.02. The molecule has 1 aromatic carbocycles. The van der Waals surface area contributed by atoms with E-state index in [2.05, 4.69) is 10.2 Å². The Balaban J connectivity index is 2.60. The molecule has 0 atom stereocenters. The fourth-order valence-electron chi connectivity index (χ4n) is 1.39. The number of rotatable bonds is 2. The average Bonchev–Trinajstić information content (AvgIpc) is 2.50. The third kappa shape index (κ3) is 1.56. The van der Waals surface area contributed by atoms with Gasteiger partial charge in [0.15, 0.2) is 0 Å². The third-order valence-corrected chi connectivity index (χ3v) is 2.16. The zero-order chi connectivity index (χ0) is 10.1. The Bertz CT molecular complexity index is 493. The zero-order valence-electron chi connectivity index (χ0n) is 7.12. The smallest absolute Gasteiger partial charge is 0.307 e. The minimum atomic E-state index is -0.886. The van der Waals surface area contributed by atoms with Gasteiger partial charge in [0, 0.05) is 10.4 Å². The van der Waals surface area contributed by atoms with Crippen molar-refractivity contribution in [2.45, 2.75) is 6.42 Å². The number of carboxylic acids is 1. The molecule has 0 spiro atoms. The molecule has 72 valence electrons. The van der Waals surface area contributed by atoms with Crippen LogP contribution < -0.4 is 0 Å². The number of aliphatic carboxylic acids is 1. The van der Waals surface area contributed by atoms with Crippen molar-refractivity contribution in [3.05, 3.63) is 28.9 Å². The van der Waals surface area contributed by atoms with Gasteiger partial charge in [0.25, 0.3) is 0 Å². The molecule has 2 rings (SSSR count). The van der Waals surface area contributed by atoms with Gasteiger partial charge >= 0.3 is 5.97 Å². The number of halogens is 1. The van der Waals surface area contributed by atoms with Crippen LogP contribution in [-0.2, 0) is 11.2 Å². The normalized spacial score (nSPS) is 10.6. The maximum atomic E-state index is 10.6. The number of hydrogen-bond acceptors (Lipinski definition) is 2. The minimum Gasteiger partial charge on any atom is -0.481 e. The summed E-state index contributed by atoms with van der Waals surface area (Å²) in [5.74, 6) is -0.886. The number of aromatic amines is 1. The second kappa shape index (κ2) is 3.31. The number of H-pyrrole nitrogens is 1. The molecule has 1 aromatic heterocycles. The van der Waals surface area contributed by atoms with Crippen molar-refractivity contribution in [3.8, 4) is 0 Å². The van der Waals surface area contributed by atoms with Crippen LogP contribution >= 0.6 is 11.6 Å². The molecule has 0 amide bonds. The summed E-state index contributed by atoms with van der Waals surface area (Å²) in [7, 11) is 0. The van der Waals surface area contributed by atoms with Crippen LogP contribution in [0, 0.1) is 0 Å². The lowest BCUT2D eigenvalue weighted by atomic mass is 10.1. The third-order valence-electron chi connectivity index (χ3n) is 1.94. The molecule has 0 radical (unpaired) electrons.